The molecule has 1 aromatic rings. The molecule has 0 spiro atoms. The average molecular weight is 235 g/mol. The maximum atomic E-state index is 9.98. The Morgan fingerprint density at radius 3 is 2.29 bits per heavy atom. The van der Waals surface area contributed by atoms with Gasteiger partial charge in [0.25, 0.3) is 0 Å². The lowest BCUT2D eigenvalue weighted by atomic mass is 9.95. The van der Waals surface area contributed by atoms with E-state index in [0.717, 1.165) is 6.42 Å². The maximum absolute atomic E-state index is 9.98. The van der Waals surface area contributed by atoms with E-state index in [2.05, 4.69) is 45.1 Å². The molecular formula is C15H25NO. The van der Waals surface area contributed by atoms with Crippen molar-refractivity contribution in [3.05, 3.63) is 35.9 Å². The van der Waals surface area contributed by atoms with Crippen LogP contribution in [-0.2, 0) is 0 Å². The Kier molecular flexibility index (Phi) is 5.16. The minimum absolute atomic E-state index is 0.0664. The number of rotatable bonds is 5. The third-order valence-corrected chi connectivity index (χ3v) is 2.86. The zero-order chi connectivity index (χ0) is 12.9. The van der Waals surface area contributed by atoms with Crippen LogP contribution in [0.2, 0.25) is 0 Å². The first-order valence-corrected chi connectivity index (χ1v) is 6.36. The van der Waals surface area contributed by atoms with Crippen molar-refractivity contribution in [1.29, 1.82) is 0 Å². The number of benzene rings is 1. The summed E-state index contributed by atoms with van der Waals surface area (Å²) in [5, 5.41) is 13.3. The first-order valence-electron chi connectivity index (χ1n) is 6.36. The van der Waals surface area contributed by atoms with Crippen LogP contribution in [0.4, 0.5) is 0 Å². The van der Waals surface area contributed by atoms with Crippen LogP contribution < -0.4 is 5.32 Å². The Bertz CT molecular complexity index is 315. The molecule has 0 aliphatic heterocycles. The molecule has 0 radical (unpaired) electrons. The monoisotopic (exact) mass is 235 g/mol. The Morgan fingerprint density at radius 2 is 1.76 bits per heavy atom. The van der Waals surface area contributed by atoms with Gasteiger partial charge in [-0.1, -0.05) is 37.3 Å². The van der Waals surface area contributed by atoms with Gasteiger partial charge < -0.3 is 10.4 Å². The van der Waals surface area contributed by atoms with Gasteiger partial charge in [0.05, 0.1) is 6.10 Å². The third kappa shape index (κ3) is 5.85. The van der Waals surface area contributed by atoms with E-state index in [1.807, 2.05) is 18.2 Å². The number of β-amino-alcohol motifs (C(OH)–C–C–N with tert-alkyl or cyclic N) is 1. The van der Waals surface area contributed by atoms with E-state index in [0.29, 0.717) is 12.5 Å². The van der Waals surface area contributed by atoms with Gasteiger partial charge in [-0.05, 0) is 38.7 Å². The van der Waals surface area contributed by atoms with Gasteiger partial charge in [0, 0.05) is 12.1 Å². The molecule has 0 fully saturated rings. The summed E-state index contributed by atoms with van der Waals surface area (Å²) >= 11 is 0. The standard InChI is InChI=1S/C15H25NO/c1-12(13-8-6-5-7-9-13)10-14(17)11-16-15(2,3)4/h5-9,12,14,16-17H,10-11H2,1-4H3. The third-order valence-electron chi connectivity index (χ3n) is 2.86. The lowest BCUT2D eigenvalue weighted by molar-refractivity contribution is 0.145. The van der Waals surface area contributed by atoms with Gasteiger partial charge in [-0.2, -0.15) is 0 Å². The van der Waals surface area contributed by atoms with Gasteiger partial charge in [-0.3, -0.25) is 0 Å². The molecule has 1 aromatic carbocycles. The second-order valence-corrected chi connectivity index (χ2v) is 5.83. The smallest absolute Gasteiger partial charge is 0.0670 e. The predicted molar refractivity (Wildman–Crippen MR) is 73.2 cm³/mol. The summed E-state index contributed by atoms with van der Waals surface area (Å²) in [5.74, 6) is 0.396. The first kappa shape index (κ1) is 14.2. The Balaban J connectivity index is 2.39. The molecule has 0 aromatic heterocycles. The van der Waals surface area contributed by atoms with E-state index in [1.54, 1.807) is 0 Å². The number of aliphatic hydroxyl groups excluding tert-OH is 1. The van der Waals surface area contributed by atoms with E-state index in [4.69, 9.17) is 0 Å². The average Bonchev–Trinajstić information content (AvgIpc) is 2.27. The fraction of sp³-hybridized carbons (Fsp3) is 0.600. The fourth-order valence-electron chi connectivity index (χ4n) is 1.83. The predicted octanol–water partition coefficient (Wildman–Crippen LogP) is 2.93. The zero-order valence-electron chi connectivity index (χ0n) is 11.4. The lowest BCUT2D eigenvalue weighted by Crippen LogP contribution is -2.41. The van der Waals surface area contributed by atoms with E-state index in [9.17, 15) is 5.11 Å². The lowest BCUT2D eigenvalue weighted by Gasteiger charge is -2.24. The highest BCUT2D eigenvalue weighted by Crippen LogP contribution is 2.20. The number of hydrogen-bond acceptors (Lipinski definition) is 2. The highest BCUT2D eigenvalue weighted by atomic mass is 16.3. The second-order valence-electron chi connectivity index (χ2n) is 5.83. The molecule has 0 heterocycles. The first-order chi connectivity index (χ1) is 7.88. The molecule has 2 N–H and O–H groups in total. The molecule has 2 heteroatoms. The summed E-state index contributed by atoms with van der Waals surface area (Å²) in [5.41, 5.74) is 1.36. The van der Waals surface area contributed by atoms with Gasteiger partial charge in [0.15, 0.2) is 0 Å². The van der Waals surface area contributed by atoms with E-state index in [-0.39, 0.29) is 11.6 Å². The summed E-state index contributed by atoms with van der Waals surface area (Å²) in [4.78, 5) is 0. The summed E-state index contributed by atoms with van der Waals surface area (Å²) in [6.07, 6.45) is 0.511. The number of hydrogen-bond donors (Lipinski definition) is 2. The summed E-state index contributed by atoms with van der Waals surface area (Å²) < 4.78 is 0. The van der Waals surface area contributed by atoms with Crippen LogP contribution in [0.3, 0.4) is 0 Å². The topological polar surface area (TPSA) is 32.3 Å². The van der Waals surface area contributed by atoms with Crippen molar-refractivity contribution in [1.82, 2.24) is 5.32 Å². The summed E-state index contributed by atoms with van der Waals surface area (Å²) in [6, 6.07) is 10.4. The van der Waals surface area contributed by atoms with E-state index < -0.39 is 0 Å². The van der Waals surface area contributed by atoms with Crippen molar-refractivity contribution in [3.8, 4) is 0 Å². The van der Waals surface area contributed by atoms with E-state index >= 15 is 0 Å². The minimum atomic E-state index is -0.288. The van der Waals surface area contributed by atoms with Crippen molar-refractivity contribution >= 4 is 0 Å². The van der Waals surface area contributed by atoms with Crippen LogP contribution in [0, 0.1) is 0 Å². The van der Waals surface area contributed by atoms with Gasteiger partial charge >= 0.3 is 0 Å². The second kappa shape index (κ2) is 6.18. The van der Waals surface area contributed by atoms with Gasteiger partial charge in [0.1, 0.15) is 0 Å². The molecule has 2 nitrogen and oxygen atoms in total. The highest BCUT2D eigenvalue weighted by Gasteiger charge is 2.15. The number of nitrogens with one attached hydrogen (secondary N) is 1. The molecule has 0 aliphatic rings. The molecule has 0 amide bonds. The van der Waals surface area contributed by atoms with Crippen molar-refractivity contribution < 1.29 is 5.11 Å². The summed E-state index contributed by atoms with van der Waals surface area (Å²) in [6.45, 7) is 9.15. The molecule has 0 bridgehead atoms. The summed E-state index contributed by atoms with van der Waals surface area (Å²) in [7, 11) is 0. The SMILES string of the molecule is CC(CC(O)CNC(C)(C)C)c1ccccc1. The van der Waals surface area contributed by atoms with Crippen LogP contribution >= 0.6 is 0 Å². The largest absolute Gasteiger partial charge is 0.392 e. The zero-order valence-corrected chi connectivity index (χ0v) is 11.4. The van der Waals surface area contributed by atoms with Crippen molar-refractivity contribution in [2.45, 2.75) is 51.7 Å². The molecule has 0 saturated heterocycles. The highest BCUT2D eigenvalue weighted by molar-refractivity contribution is 5.18. The van der Waals surface area contributed by atoms with Crippen molar-refractivity contribution in [3.63, 3.8) is 0 Å². The van der Waals surface area contributed by atoms with Crippen molar-refractivity contribution in [2.75, 3.05) is 6.54 Å². The molecule has 2 atom stereocenters. The Morgan fingerprint density at radius 1 is 1.18 bits per heavy atom. The van der Waals surface area contributed by atoms with Gasteiger partial charge in [0.2, 0.25) is 0 Å². The quantitative estimate of drug-likeness (QED) is 0.822. The maximum Gasteiger partial charge on any atom is 0.0670 e. The van der Waals surface area contributed by atoms with Crippen LogP contribution in [0.5, 0.6) is 0 Å². The normalized spacial score (nSPS) is 15.6. The van der Waals surface area contributed by atoms with Gasteiger partial charge in [-0.15, -0.1) is 0 Å². The van der Waals surface area contributed by atoms with Crippen LogP contribution in [0.1, 0.15) is 45.6 Å². The van der Waals surface area contributed by atoms with Crippen LogP contribution in [0.25, 0.3) is 0 Å². The van der Waals surface area contributed by atoms with Gasteiger partial charge in [-0.25, -0.2) is 0 Å². The molecule has 1 rings (SSSR count). The Labute approximate surface area is 105 Å². The molecule has 0 saturated carbocycles. The van der Waals surface area contributed by atoms with Crippen molar-refractivity contribution in [2.24, 2.45) is 0 Å². The van der Waals surface area contributed by atoms with E-state index in [1.165, 1.54) is 5.56 Å². The number of aliphatic hydroxyl groups is 1. The molecule has 0 aliphatic carbocycles. The molecule has 2 unspecified atom stereocenters. The van der Waals surface area contributed by atoms with Crippen LogP contribution in [0.15, 0.2) is 30.3 Å². The Hall–Kier alpha value is -0.860. The molecular weight excluding hydrogens is 210 g/mol. The fourth-order valence-corrected chi connectivity index (χ4v) is 1.83. The molecule has 96 valence electrons. The molecule has 17 heavy (non-hydrogen) atoms. The van der Waals surface area contributed by atoms with Crippen LogP contribution in [-0.4, -0.2) is 23.3 Å². The minimum Gasteiger partial charge on any atom is -0.392 e.